The van der Waals surface area contributed by atoms with E-state index in [0.29, 0.717) is 5.69 Å². The van der Waals surface area contributed by atoms with Gasteiger partial charge in [0.15, 0.2) is 0 Å². The smallest absolute Gasteiger partial charge is 0.475 e. The number of carboxylic acid groups (broad SMARTS) is 1. The maximum absolute atomic E-state index is 13.2. The van der Waals surface area contributed by atoms with Crippen molar-refractivity contribution < 1.29 is 32.6 Å². The van der Waals surface area contributed by atoms with Crippen molar-refractivity contribution in [1.29, 1.82) is 0 Å². The number of aliphatic hydroxyl groups excluding tert-OH is 1. The molecule has 4 rings (SSSR count). The summed E-state index contributed by atoms with van der Waals surface area (Å²) < 4.78 is 46.8. The molecule has 1 atom stereocenters. The van der Waals surface area contributed by atoms with Crippen LogP contribution in [-0.2, 0) is 11.3 Å². The van der Waals surface area contributed by atoms with Crippen molar-refractivity contribution in [2.24, 2.45) is 0 Å². The number of aromatic amines is 1. The number of H-pyrrole nitrogens is 1. The Morgan fingerprint density at radius 1 is 1.33 bits per heavy atom. The second kappa shape index (κ2) is 8.40. The average Bonchev–Trinajstić information content (AvgIpc) is 3.23. The van der Waals surface area contributed by atoms with Crippen LogP contribution in [0.1, 0.15) is 30.5 Å². The molecule has 8 nitrogen and oxygen atoms in total. The number of likely N-dealkylation sites (tertiary alicyclic amines) is 1. The summed E-state index contributed by atoms with van der Waals surface area (Å²) in [5.74, 6) is -2.98. The van der Waals surface area contributed by atoms with E-state index in [1.165, 1.54) is 12.1 Å². The van der Waals surface area contributed by atoms with Crippen molar-refractivity contribution in [3.05, 3.63) is 47.7 Å². The van der Waals surface area contributed by atoms with Gasteiger partial charge in [0.1, 0.15) is 11.5 Å². The monoisotopic (exact) mass is 429 g/mol. The molecular weight excluding hydrogens is 410 g/mol. The third-order valence-corrected chi connectivity index (χ3v) is 4.54. The van der Waals surface area contributed by atoms with Gasteiger partial charge in [0, 0.05) is 30.8 Å². The minimum atomic E-state index is -5.08. The van der Waals surface area contributed by atoms with E-state index in [0.717, 1.165) is 36.2 Å². The molecule has 0 radical (unpaired) electrons. The lowest BCUT2D eigenvalue weighted by molar-refractivity contribution is -0.192. The van der Waals surface area contributed by atoms with Gasteiger partial charge < -0.3 is 15.2 Å². The van der Waals surface area contributed by atoms with Crippen LogP contribution >= 0.6 is 0 Å². The molecular formula is C18H19F4N5O3. The van der Waals surface area contributed by atoms with Crippen LogP contribution in [0.3, 0.4) is 0 Å². The number of hydrogen-bond acceptors (Lipinski definition) is 5. The van der Waals surface area contributed by atoms with Crippen molar-refractivity contribution in [2.75, 3.05) is 13.1 Å². The zero-order valence-corrected chi connectivity index (χ0v) is 15.8. The molecule has 162 valence electrons. The molecule has 1 aromatic carbocycles. The SMILES string of the molecule is CC(O)c1cn(C2CN(Cc3cc4ccc(F)cc4[nH]3)C2)nn1.O=C(O)C(F)(F)F. The van der Waals surface area contributed by atoms with Gasteiger partial charge in [-0.1, -0.05) is 5.21 Å². The highest BCUT2D eigenvalue weighted by atomic mass is 19.4. The Kier molecular flexibility index (Phi) is 6.08. The van der Waals surface area contributed by atoms with Crippen LogP contribution in [0.4, 0.5) is 17.6 Å². The molecule has 0 saturated carbocycles. The minimum absolute atomic E-state index is 0.227. The number of benzene rings is 1. The molecule has 3 aromatic rings. The molecule has 2 aromatic heterocycles. The first kappa shape index (κ1) is 21.7. The Morgan fingerprint density at radius 3 is 2.57 bits per heavy atom. The van der Waals surface area contributed by atoms with E-state index in [9.17, 15) is 22.7 Å². The third kappa shape index (κ3) is 5.13. The molecule has 0 amide bonds. The van der Waals surface area contributed by atoms with Gasteiger partial charge in [0.05, 0.1) is 18.3 Å². The van der Waals surface area contributed by atoms with E-state index in [1.807, 2.05) is 4.68 Å². The number of fused-ring (bicyclic) bond motifs is 1. The topological polar surface area (TPSA) is 107 Å². The van der Waals surface area contributed by atoms with Crippen molar-refractivity contribution in [3.8, 4) is 0 Å². The fourth-order valence-corrected chi connectivity index (χ4v) is 2.98. The predicted molar refractivity (Wildman–Crippen MR) is 96.9 cm³/mol. The first-order chi connectivity index (χ1) is 14.0. The lowest BCUT2D eigenvalue weighted by Gasteiger charge is -2.38. The summed E-state index contributed by atoms with van der Waals surface area (Å²) in [4.78, 5) is 14.4. The van der Waals surface area contributed by atoms with Crippen molar-refractivity contribution in [3.63, 3.8) is 0 Å². The highest BCUT2D eigenvalue weighted by molar-refractivity contribution is 5.80. The Morgan fingerprint density at radius 2 is 2.00 bits per heavy atom. The number of carboxylic acids is 1. The molecule has 0 aliphatic carbocycles. The molecule has 1 fully saturated rings. The summed E-state index contributed by atoms with van der Waals surface area (Å²) in [6.45, 7) is 4.24. The van der Waals surface area contributed by atoms with Crippen molar-refractivity contribution in [2.45, 2.75) is 31.8 Å². The Hall–Kier alpha value is -2.99. The van der Waals surface area contributed by atoms with Crippen molar-refractivity contribution in [1.82, 2.24) is 24.9 Å². The van der Waals surface area contributed by atoms with Crippen LogP contribution < -0.4 is 0 Å². The molecule has 12 heteroatoms. The number of carbonyl (C=O) groups is 1. The highest BCUT2D eigenvalue weighted by Gasteiger charge is 2.38. The van der Waals surface area contributed by atoms with Gasteiger partial charge in [-0.15, -0.1) is 5.10 Å². The number of aliphatic hydroxyl groups is 1. The minimum Gasteiger partial charge on any atom is -0.475 e. The molecule has 0 bridgehead atoms. The number of alkyl halides is 3. The largest absolute Gasteiger partial charge is 0.490 e. The van der Waals surface area contributed by atoms with Crippen LogP contribution in [0.15, 0.2) is 30.5 Å². The van der Waals surface area contributed by atoms with Gasteiger partial charge >= 0.3 is 12.1 Å². The Labute approximate surface area is 167 Å². The first-order valence-corrected chi connectivity index (χ1v) is 8.92. The fraction of sp³-hybridized carbons (Fsp3) is 0.389. The normalized spacial score (nSPS) is 16.1. The van der Waals surface area contributed by atoms with Crippen LogP contribution in [0, 0.1) is 5.82 Å². The number of aliphatic carboxylic acids is 1. The zero-order valence-electron chi connectivity index (χ0n) is 15.8. The molecule has 3 N–H and O–H groups in total. The zero-order chi connectivity index (χ0) is 22.1. The summed E-state index contributed by atoms with van der Waals surface area (Å²) in [5.41, 5.74) is 2.50. The number of nitrogens with one attached hydrogen (secondary N) is 1. The molecule has 1 aliphatic heterocycles. The Bertz CT molecular complexity index is 1020. The summed E-state index contributed by atoms with van der Waals surface area (Å²) in [7, 11) is 0. The second-order valence-corrected chi connectivity index (χ2v) is 6.98. The number of hydrogen-bond donors (Lipinski definition) is 3. The van der Waals surface area contributed by atoms with E-state index in [1.54, 1.807) is 19.2 Å². The van der Waals surface area contributed by atoms with Gasteiger partial charge in [0.25, 0.3) is 0 Å². The Balaban J connectivity index is 0.000000318. The van der Waals surface area contributed by atoms with E-state index < -0.39 is 18.2 Å². The van der Waals surface area contributed by atoms with E-state index >= 15 is 0 Å². The van der Waals surface area contributed by atoms with Gasteiger partial charge in [0.2, 0.25) is 0 Å². The molecule has 0 spiro atoms. The lowest BCUT2D eigenvalue weighted by atomic mass is 10.1. The van der Waals surface area contributed by atoms with Gasteiger partial charge in [-0.05, 0) is 36.6 Å². The molecule has 1 unspecified atom stereocenters. The molecule has 3 heterocycles. The predicted octanol–water partition coefficient (Wildman–Crippen LogP) is 2.64. The number of nitrogens with zero attached hydrogens (tertiary/aromatic N) is 4. The van der Waals surface area contributed by atoms with Crippen LogP contribution in [0.5, 0.6) is 0 Å². The highest BCUT2D eigenvalue weighted by Crippen LogP contribution is 2.25. The number of rotatable bonds is 4. The lowest BCUT2D eigenvalue weighted by Crippen LogP contribution is -2.47. The third-order valence-electron chi connectivity index (χ3n) is 4.54. The summed E-state index contributed by atoms with van der Waals surface area (Å²) in [6.07, 6.45) is -3.87. The first-order valence-electron chi connectivity index (χ1n) is 8.92. The van der Waals surface area contributed by atoms with Crippen molar-refractivity contribution >= 4 is 16.9 Å². The van der Waals surface area contributed by atoms with Crippen LogP contribution in [0.25, 0.3) is 10.9 Å². The summed E-state index contributed by atoms with van der Waals surface area (Å²) >= 11 is 0. The maximum Gasteiger partial charge on any atom is 0.490 e. The van der Waals surface area contributed by atoms with Crippen LogP contribution in [0.2, 0.25) is 0 Å². The number of halogens is 4. The summed E-state index contributed by atoms with van der Waals surface area (Å²) in [6, 6.07) is 7.13. The van der Waals surface area contributed by atoms with Gasteiger partial charge in [-0.2, -0.15) is 13.2 Å². The fourth-order valence-electron chi connectivity index (χ4n) is 2.98. The van der Waals surface area contributed by atoms with E-state index in [-0.39, 0.29) is 11.9 Å². The summed E-state index contributed by atoms with van der Waals surface area (Å²) in [5, 5.41) is 25.7. The molecule has 1 saturated heterocycles. The van der Waals surface area contributed by atoms with Gasteiger partial charge in [-0.25, -0.2) is 13.9 Å². The molecule has 30 heavy (non-hydrogen) atoms. The quantitative estimate of drug-likeness (QED) is 0.551. The standard InChI is InChI=1S/C16H18FN5O.C2HF3O2/c1-10(23)16-9-22(20-19-16)14-7-21(8-14)6-13-4-11-2-3-12(17)5-15(11)18-13;3-2(4,5)1(6)7/h2-5,9-10,14,18,23H,6-8H2,1H3;(H,6,7). The number of aromatic nitrogens is 4. The molecule has 1 aliphatic rings. The average molecular weight is 429 g/mol. The van der Waals surface area contributed by atoms with E-state index in [2.05, 4.69) is 26.3 Å². The van der Waals surface area contributed by atoms with Gasteiger partial charge in [-0.3, -0.25) is 4.90 Å². The van der Waals surface area contributed by atoms with Crippen LogP contribution in [-0.4, -0.2) is 60.3 Å². The maximum atomic E-state index is 13.2. The van der Waals surface area contributed by atoms with E-state index in [4.69, 9.17) is 9.90 Å². The second-order valence-electron chi connectivity index (χ2n) is 6.98.